The fraction of sp³-hybridized carbons (Fsp3) is 0.467. The van der Waals surface area contributed by atoms with Crippen molar-refractivity contribution < 1.29 is 19.1 Å². The van der Waals surface area contributed by atoms with Crippen LogP contribution in [0.3, 0.4) is 0 Å². The van der Waals surface area contributed by atoms with E-state index in [4.69, 9.17) is 4.74 Å². The van der Waals surface area contributed by atoms with E-state index in [1.807, 2.05) is 18.2 Å². The molecule has 0 radical (unpaired) electrons. The van der Waals surface area contributed by atoms with E-state index in [0.29, 0.717) is 0 Å². The highest BCUT2D eigenvalue weighted by Crippen LogP contribution is 2.22. The van der Waals surface area contributed by atoms with E-state index in [1.165, 1.54) is 7.11 Å². The fourth-order valence-corrected chi connectivity index (χ4v) is 2.05. The molecule has 1 N–H and O–H groups in total. The molecule has 0 heterocycles. The topological polar surface area (TPSA) is 64.6 Å². The Morgan fingerprint density at radius 2 is 1.76 bits per heavy atom. The summed E-state index contributed by atoms with van der Waals surface area (Å²) in [7, 11) is 1.28. The molecule has 0 aliphatic heterocycles. The van der Waals surface area contributed by atoms with Crippen molar-refractivity contribution in [3.8, 4) is 0 Å². The minimum absolute atomic E-state index is 0.525. The van der Waals surface area contributed by atoms with Crippen LogP contribution in [0.25, 0.3) is 0 Å². The highest BCUT2D eigenvalue weighted by molar-refractivity contribution is 7.81. The van der Waals surface area contributed by atoms with Crippen molar-refractivity contribution in [2.45, 2.75) is 37.7 Å². The zero-order chi connectivity index (χ0) is 16.0. The monoisotopic (exact) mass is 311 g/mol. The molecule has 0 fully saturated rings. The van der Waals surface area contributed by atoms with E-state index >= 15 is 0 Å². The summed E-state index contributed by atoms with van der Waals surface area (Å²) >= 11 is 4.25. The number of hydrogen-bond acceptors (Lipinski definition) is 5. The molecule has 116 valence electrons. The van der Waals surface area contributed by atoms with Crippen LogP contribution in [-0.2, 0) is 14.3 Å². The Morgan fingerprint density at radius 3 is 2.24 bits per heavy atom. The molecule has 1 unspecified atom stereocenters. The van der Waals surface area contributed by atoms with E-state index in [-0.39, 0.29) is 0 Å². The first kappa shape index (κ1) is 17.4. The van der Waals surface area contributed by atoms with Crippen LogP contribution in [0.4, 0.5) is 4.79 Å². The van der Waals surface area contributed by atoms with Crippen LogP contribution in [0.2, 0.25) is 0 Å². The number of rotatable bonds is 4. The molecule has 0 saturated carbocycles. The van der Waals surface area contributed by atoms with Crippen LogP contribution in [0.5, 0.6) is 0 Å². The van der Waals surface area contributed by atoms with Crippen LogP contribution in [-0.4, -0.2) is 30.0 Å². The lowest BCUT2D eigenvalue weighted by molar-refractivity contribution is -0.140. The van der Waals surface area contributed by atoms with Crippen LogP contribution in [0, 0.1) is 0 Å². The van der Waals surface area contributed by atoms with E-state index < -0.39 is 29.0 Å². The molecule has 0 spiro atoms. The van der Waals surface area contributed by atoms with Gasteiger partial charge in [-0.05, 0) is 26.3 Å². The summed E-state index contributed by atoms with van der Waals surface area (Å²) in [5, 5.41) is 1.84. The summed E-state index contributed by atoms with van der Waals surface area (Å²) in [4.78, 5) is 23.6. The van der Waals surface area contributed by atoms with Gasteiger partial charge in [0.15, 0.2) is 0 Å². The second-order valence-electron chi connectivity index (χ2n) is 5.50. The molecule has 0 aromatic heterocycles. The van der Waals surface area contributed by atoms with Crippen molar-refractivity contribution in [1.82, 2.24) is 5.32 Å². The predicted octanol–water partition coefficient (Wildman–Crippen LogP) is 2.72. The number of nitrogens with one attached hydrogen (secondary N) is 1. The molecular formula is C15H21NO4S. The van der Waals surface area contributed by atoms with Gasteiger partial charge in [0.1, 0.15) is 10.9 Å². The number of thiol groups is 1. The lowest BCUT2D eigenvalue weighted by Gasteiger charge is -2.26. The van der Waals surface area contributed by atoms with Gasteiger partial charge in [-0.15, -0.1) is 0 Å². The number of alkyl carbamates (subject to hydrolysis) is 1. The van der Waals surface area contributed by atoms with Gasteiger partial charge in [-0.2, -0.15) is 12.6 Å². The lowest BCUT2D eigenvalue weighted by Crippen LogP contribution is -2.40. The van der Waals surface area contributed by atoms with Crippen LogP contribution in [0.15, 0.2) is 30.3 Å². The minimum Gasteiger partial charge on any atom is -0.468 e. The second kappa shape index (κ2) is 7.36. The van der Waals surface area contributed by atoms with Crippen molar-refractivity contribution in [2.75, 3.05) is 7.11 Å². The highest BCUT2D eigenvalue weighted by atomic mass is 32.1. The van der Waals surface area contributed by atoms with Gasteiger partial charge in [0.25, 0.3) is 0 Å². The summed E-state index contributed by atoms with van der Waals surface area (Å²) in [6.45, 7) is 5.30. The number of carbonyl (C=O) groups is 2. The molecule has 5 nitrogen and oxygen atoms in total. The number of carbonyl (C=O) groups excluding carboxylic acids is 2. The molecule has 0 aliphatic carbocycles. The quantitative estimate of drug-likeness (QED) is 0.663. The van der Waals surface area contributed by atoms with Gasteiger partial charge < -0.3 is 14.8 Å². The average Bonchev–Trinajstić information content (AvgIpc) is 2.42. The molecule has 2 atom stereocenters. The summed E-state index contributed by atoms with van der Waals surface area (Å²) in [5.74, 6) is -0.525. The summed E-state index contributed by atoms with van der Waals surface area (Å²) in [5.41, 5.74) is 0.122. The zero-order valence-corrected chi connectivity index (χ0v) is 13.5. The van der Waals surface area contributed by atoms with Gasteiger partial charge in [-0.1, -0.05) is 30.3 Å². The van der Waals surface area contributed by atoms with Crippen LogP contribution in [0.1, 0.15) is 32.4 Å². The molecule has 1 aromatic rings. The van der Waals surface area contributed by atoms with Crippen molar-refractivity contribution >= 4 is 24.7 Å². The maximum absolute atomic E-state index is 11.9. The molecule has 1 rings (SSSR count). The number of ether oxygens (including phenoxy) is 2. The molecule has 0 aliphatic rings. The van der Waals surface area contributed by atoms with Crippen molar-refractivity contribution in [3.63, 3.8) is 0 Å². The zero-order valence-electron chi connectivity index (χ0n) is 12.6. The third-order valence-electron chi connectivity index (χ3n) is 2.59. The number of benzene rings is 1. The summed E-state index contributed by atoms with van der Waals surface area (Å²) in [6.07, 6.45) is -0.612. The van der Waals surface area contributed by atoms with E-state index in [0.717, 1.165) is 5.56 Å². The van der Waals surface area contributed by atoms with Gasteiger partial charge in [-0.25, -0.2) is 4.79 Å². The standard InChI is InChI=1S/C15H21NO4S/c1-15(2,3)20-14(18)16-11(12(21)13(17)19-4)10-8-6-5-7-9-10/h5-9,11-12,21H,1-4H3,(H,16,18)/t11-,12?/m0/s1. The first-order valence-corrected chi connectivity index (χ1v) is 7.06. The Morgan fingerprint density at radius 1 is 1.19 bits per heavy atom. The van der Waals surface area contributed by atoms with E-state index in [9.17, 15) is 9.59 Å². The number of methoxy groups -OCH3 is 1. The molecule has 21 heavy (non-hydrogen) atoms. The first-order valence-electron chi connectivity index (χ1n) is 6.55. The molecule has 0 bridgehead atoms. The number of hydrogen-bond donors (Lipinski definition) is 2. The van der Waals surface area contributed by atoms with E-state index in [1.54, 1.807) is 32.9 Å². The summed E-state index contributed by atoms with van der Waals surface area (Å²) < 4.78 is 9.91. The van der Waals surface area contributed by atoms with Crippen LogP contribution >= 0.6 is 12.6 Å². The minimum atomic E-state index is -0.829. The van der Waals surface area contributed by atoms with Gasteiger partial charge in [0, 0.05) is 0 Å². The molecule has 6 heteroatoms. The van der Waals surface area contributed by atoms with Crippen molar-refractivity contribution in [1.29, 1.82) is 0 Å². The maximum Gasteiger partial charge on any atom is 0.408 e. The number of amides is 1. The highest BCUT2D eigenvalue weighted by Gasteiger charge is 2.30. The predicted molar refractivity (Wildman–Crippen MR) is 83.3 cm³/mol. The van der Waals surface area contributed by atoms with Gasteiger partial charge in [0.05, 0.1) is 13.2 Å². The lowest BCUT2D eigenvalue weighted by atomic mass is 10.0. The third kappa shape index (κ3) is 5.67. The summed E-state index contributed by atoms with van der Waals surface area (Å²) in [6, 6.07) is 8.44. The Labute approximate surface area is 130 Å². The van der Waals surface area contributed by atoms with Gasteiger partial charge >= 0.3 is 12.1 Å². The Kier molecular flexibility index (Phi) is 6.08. The molecule has 0 saturated heterocycles. The van der Waals surface area contributed by atoms with E-state index in [2.05, 4.69) is 22.7 Å². The van der Waals surface area contributed by atoms with Crippen LogP contribution < -0.4 is 5.32 Å². The van der Waals surface area contributed by atoms with Crippen molar-refractivity contribution in [2.24, 2.45) is 0 Å². The van der Waals surface area contributed by atoms with Crippen molar-refractivity contribution in [3.05, 3.63) is 35.9 Å². The Bertz CT molecular complexity index is 484. The second-order valence-corrected chi connectivity index (χ2v) is 6.06. The Hall–Kier alpha value is -1.69. The molecular weight excluding hydrogens is 290 g/mol. The largest absolute Gasteiger partial charge is 0.468 e. The Balaban J connectivity index is 2.93. The fourth-order valence-electron chi connectivity index (χ4n) is 1.70. The SMILES string of the molecule is COC(=O)C(S)[C@@H](NC(=O)OC(C)(C)C)c1ccccc1. The average molecular weight is 311 g/mol. The maximum atomic E-state index is 11.9. The first-order chi connectivity index (χ1) is 9.74. The smallest absolute Gasteiger partial charge is 0.408 e. The number of esters is 1. The third-order valence-corrected chi connectivity index (χ3v) is 3.10. The molecule has 1 aromatic carbocycles. The van der Waals surface area contributed by atoms with Gasteiger partial charge in [0.2, 0.25) is 0 Å². The molecule has 1 amide bonds. The van der Waals surface area contributed by atoms with Gasteiger partial charge in [-0.3, -0.25) is 4.79 Å². The normalized spacial score (nSPS) is 14.0.